The van der Waals surface area contributed by atoms with Crippen molar-refractivity contribution in [3.05, 3.63) is 12.2 Å². The summed E-state index contributed by atoms with van der Waals surface area (Å²) in [6, 6.07) is 0. The van der Waals surface area contributed by atoms with Gasteiger partial charge in [-0.1, -0.05) is 12.2 Å². The van der Waals surface area contributed by atoms with Crippen molar-refractivity contribution in [1.82, 2.24) is 0 Å². The van der Waals surface area contributed by atoms with E-state index in [1.807, 2.05) is 0 Å². The van der Waals surface area contributed by atoms with Crippen molar-refractivity contribution < 1.29 is 19.8 Å². The largest absolute Gasteiger partial charge is 0.481 e. The van der Waals surface area contributed by atoms with Crippen LogP contribution in [0.1, 0.15) is 0 Å². The Morgan fingerprint density at radius 1 is 0.667 bits per heavy atom. The van der Waals surface area contributed by atoms with Crippen molar-refractivity contribution in [3.8, 4) is 0 Å². The van der Waals surface area contributed by atoms with Gasteiger partial charge in [-0.05, 0) is 47.3 Å². The number of rotatable bonds is 2. The maximum Gasteiger partial charge on any atom is 0.307 e. The smallest absolute Gasteiger partial charge is 0.307 e. The van der Waals surface area contributed by atoms with Crippen molar-refractivity contribution in [2.45, 2.75) is 0 Å². The minimum absolute atomic E-state index is 0.148. The van der Waals surface area contributed by atoms with Gasteiger partial charge in [-0.15, -0.1) is 0 Å². The monoisotopic (exact) mass is 246 g/mol. The molecule has 0 aromatic rings. The molecule has 4 heteroatoms. The molecule has 0 aromatic heterocycles. The third kappa shape index (κ3) is 0.677. The zero-order valence-corrected chi connectivity index (χ0v) is 9.64. The van der Waals surface area contributed by atoms with Crippen LogP contribution in [0.3, 0.4) is 0 Å². The van der Waals surface area contributed by atoms with E-state index in [0.29, 0.717) is 35.5 Å². The second kappa shape index (κ2) is 2.51. The lowest BCUT2D eigenvalue weighted by Crippen LogP contribution is -2.43. The van der Waals surface area contributed by atoms with Crippen LogP contribution in [-0.2, 0) is 9.59 Å². The van der Waals surface area contributed by atoms with Gasteiger partial charge >= 0.3 is 11.9 Å². The second-order valence-electron chi connectivity index (χ2n) is 6.73. The molecule has 2 N–H and O–H groups in total. The quantitative estimate of drug-likeness (QED) is 0.711. The van der Waals surface area contributed by atoms with E-state index in [1.54, 1.807) is 0 Å². The Morgan fingerprint density at radius 2 is 1.11 bits per heavy atom. The molecule has 10 atom stereocenters. The van der Waals surface area contributed by atoms with Crippen molar-refractivity contribution in [3.63, 3.8) is 0 Å². The molecule has 6 aliphatic carbocycles. The molecule has 0 aromatic carbocycles. The first-order valence-electron chi connectivity index (χ1n) is 6.77. The fraction of sp³-hybridized carbons (Fsp3) is 0.714. The third-order valence-corrected chi connectivity index (χ3v) is 6.79. The van der Waals surface area contributed by atoms with Crippen molar-refractivity contribution in [2.24, 2.45) is 59.2 Å². The Balaban J connectivity index is 1.67. The molecule has 2 unspecified atom stereocenters. The molecule has 0 heterocycles. The lowest BCUT2D eigenvalue weighted by molar-refractivity contribution is -0.159. The highest BCUT2D eigenvalue weighted by Crippen LogP contribution is 2.82. The highest BCUT2D eigenvalue weighted by molar-refractivity contribution is 5.82. The number of carboxylic acid groups (broad SMARTS) is 2. The molecular weight excluding hydrogens is 232 g/mol. The van der Waals surface area contributed by atoms with Gasteiger partial charge in [-0.2, -0.15) is 0 Å². The first-order valence-corrected chi connectivity index (χ1v) is 6.77. The van der Waals surface area contributed by atoms with E-state index in [0.717, 1.165) is 0 Å². The summed E-state index contributed by atoms with van der Waals surface area (Å²) < 4.78 is 0. The molecule has 18 heavy (non-hydrogen) atoms. The minimum Gasteiger partial charge on any atom is -0.481 e. The van der Waals surface area contributed by atoms with E-state index in [9.17, 15) is 19.8 Å². The number of aliphatic carboxylic acids is 2. The van der Waals surface area contributed by atoms with Crippen LogP contribution in [0.5, 0.6) is 0 Å². The molecule has 5 saturated carbocycles. The number of hydrogen-bond acceptors (Lipinski definition) is 2. The van der Waals surface area contributed by atoms with Gasteiger partial charge in [-0.25, -0.2) is 0 Å². The van der Waals surface area contributed by atoms with E-state index >= 15 is 0 Å². The van der Waals surface area contributed by atoms with E-state index in [2.05, 4.69) is 12.2 Å². The standard InChI is InChI=1S/C14H14O4/c15-13(16)11-9-6-3-1-2-4-5(3)8(9)10(7(4)6)12(11)14(17)18/h1-12H,(H,15,16)(H,17,18)/t3-,4-,5?,6-,7+,8?,9-,10+,11-,12-/m0/s1. The molecule has 94 valence electrons. The van der Waals surface area contributed by atoms with Crippen molar-refractivity contribution in [2.75, 3.05) is 0 Å². The molecule has 6 rings (SSSR count). The number of carbonyl (C=O) groups is 2. The average Bonchev–Trinajstić information content (AvgIpc) is 3.07. The maximum absolute atomic E-state index is 11.5. The van der Waals surface area contributed by atoms with E-state index < -0.39 is 23.8 Å². The fourth-order valence-electron chi connectivity index (χ4n) is 6.95. The Labute approximate surface area is 104 Å². The summed E-state index contributed by atoms with van der Waals surface area (Å²) >= 11 is 0. The third-order valence-electron chi connectivity index (χ3n) is 6.79. The van der Waals surface area contributed by atoms with Crippen LogP contribution >= 0.6 is 0 Å². The van der Waals surface area contributed by atoms with Crippen LogP contribution in [0, 0.1) is 59.2 Å². The molecule has 0 saturated heterocycles. The molecule has 8 bridgehead atoms. The second-order valence-corrected chi connectivity index (χ2v) is 6.73. The van der Waals surface area contributed by atoms with Crippen LogP contribution in [0.2, 0.25) is 0 Å². The molecule has 4 nitrogen and oxygen atoms in total. The first-order chi connectivity index (χ1) is 8.63. The summed E-state index contributed by atoms with van der Waals surface area (Å²) in [6.07, 6.45) is 4.56. The molecule has 0 spiro atoms. The Hall–Kier alpha value is -1.32. The number of carboxylic acids is 2. The van der Waals surface area contributed by atoms with Gasteiger partial charge in [0.2, 0.25) is 0 Å². The van der Waals surface area contributed by atoms with Gasteiger partial charge in [-0.3, -0.25) is 9.59 Å². The van der Waals surface area contributed by atoms with Gasteiger partial charge < -0.3 is 10.2 Å². The molecular formula is C14H14O4. The summed E-state index contributed by atoms with van der Waals surface area (Å²) in [5.41, 5.74) is 0. The lowest BCUT2D eigenvalue weighted by Gasteiger charge is -2.38. The van der Waals surface area contributed by atoms with Crippen LogP contribution in [0.15, 0.2) is 12.2 Å². The zero-order valence-electron chi connectivity index (χ0n) is 9.64. The highest BCUT2D eigenvalue weighted by atomic mass is 16.4. The van der Waals surface area contributed by atoms with Gasteiger partial charge in [0, 0.05) is 0 Å². The predicted octanol–water partition coefficient (Wildman–Crippen LogP) is 0.942. The molecule has 6 aliphatic rings. The van der Waals surface area contributed by atoms with Crippen molar-refractivity contribution in [1.29, 1.82) is 0 Å². The minimum atomic E-state index is -0.884. The average molecular weight is 246 g/mol. The molecule has 0 amide bonds. The van der Waals surface area contributed by atoms with Crippen LogP contribution in [0.25, 0.3) is 0 Å². The lowest BCUT2D eigenvalue weighted by atomic mass is 9.65. The van der Waals surface area contributed by atoms with E-state index in [4.69, 9.17) is 0 Å². The Kier molecular flexibility index (Phi) is 1.34. The SMILES string of the molecule is O=C(O)[C@@H]1[C@@H](C(=O)O)[C@@H]2C3C4[C@@H]5C=C[C@@H]4[C@@H]([C@H]31)[C@@H]25. The fourth-order valence-corrected chi connectivity index (χ4v) is 6.95. The normalized spacial score (nSPS) is 64.2. The highest BCUT2D eigenvalue weighted by Gasteiger charge is 2.82. The Morgan fingerprint density at radius 3 is 1.50 bits per heavy atom. The Bertz CT molecular complexity index is 480. The zero-order chi connectivity index (χ0) is 12.3. The van der Waals surface area contributed by atoms with Crippen LogP contribution in [-0.4, -0.2) is 22.2 Å². The maximum atomic E-state index is 11.5. The van der Waals surface area contributed by atoms with Gasteiger partial charge in [0.05, 0.1) is 11.8 Å². The summed E-state index contributed by atoms with van der Waals surface area (Å²) in [6.45, 7) is 0. The number of allylic oxidation sites excluding steroid dienone is 2. The molecule has 5 fully saturated rings. The van der Waals surface area contributed by atoms with Crippen LogP contribution < -0.4 is 0 Å². The van der Waals surface area contributed by atoms with Gasteiger partial charge in [0.25, 0.3) is 0 Å². The van der Waals surface area contributed by atoms with Gasteiger partial charge in [0.1, 0.15) is 0 Å². The topological polar surface area (TPSA) is 74.6 Å². The van der Waals surface area contributed by atoms with Crippen LogP contribution in [0.4, 0.5) is 0 Å². The van der Waals surface area contributed by atoms with E-state index in [1.165, 1.54) is 0 Å². The summed E-state index contributed by atoms with van der Waals surface area (Å²) in [5.74, 6) is 0.353. The summed E-state index contributed by atoms with van der Waals surface area (Å²) in [4.78, 5) is 22.9. The summed E-state index contributed by atoms with van der Waals surface area (Å²) in [5, 5.41) is 18.8. The van der Waals surface area contributed by atoms with E-state index in [-0.39, 0.29) is 11.8 Å². The van der Waals surface area contributed by atoms with Crippen molar-refractivity contribution >= 4 is 11.9 Å². The number of hydrogen-bond donors (Lipinski definition) is 2. The first kappa shape index (κ1) is 9.59. The van der Waals surface area contributed by atoms with Gasteiger partial charge in [0.15, 0.2) is 0 Å². The molecule has 0 radical (unpaired) electrons. The predicted molar refractivity (Wildman–Crippen MR) is 59.3 cm³/mol. The summed E-state index contributed by atoms with van der Waals surface area (Å²) in [7, 11) is 0. The molecule has 0 aliphatic heterocycles.